The zero-order valence-electron chi connectivity index (χ0n) is 12.0. The second-order valence-corrected chi connectivity index (χ2v) is 7.36. The molecule has 1 aliphatic heterocycles. The number of halogens is 1. The van der Waals surface area contributed by atoms with Crippen LogP contribution in [0, 0.1) is 5.92 Å². The smallest absolute Gasteiger partial charge is 0.410 e. The summed E-state index contributed by atoms with van der Waals surface area (Å²) < 4.78 is 40.3. The molecule has 0 unspecified atom stereocenters. The number of carbonyl (C=O) groups is 1. The van der Waals surface area contributed by atoms with Crippen LogP contribution in [0.25, 0.3) is 0 Å². The molecule has 120 valence electrons. The number of likely N-dealkylation sites (tertiary alicyclic amines) is 1. The van der Waals surface area contributed by atoms with Crippen molar-refractivity contribution >= 4 is 16.3 Å². The third kappa shape index (κ3) is 3.24. The molecule has 0 spiro atoms. The topological polar surface area (TPSA) is 63.7 Å². The number of hydrogen-bond acceptors (Lipinski definition) is 4. The maximum atomic E-state index is 13.0. The van der Waals surface area contributed by atoms with Gasteiger partial charge in [0.15, 0.2) is 0 Å². The molecule has 1 heterocycles. The first-order valence-corrected chi connectivity index (χ1v) is 8.90. The highest BCUT2D eigenvalue weighted by atomic mass is 32.3. The highest BCUT2D eigenvalue weighted by Gasteiger charge is 2.50. The zero-order valence-corrected chi connectivity index (χ0v) is 12.8. The van der Waals surface area contributed by atoms with E-state index < -0.39 is 28.1 Å². The quantitative estimate of drug-likeness (QED) is 0.797. The van der Waals surface area contributed by atoms with E-state index in [4.69, 9.17) is 4.74 Å². The predicted octanol–water partition coefficient (Wildman–Crippen LogP) is 2.48. The maximum absolute atomic E-state index is 13.0. The Morgan fingerprint density at radius 3 is 2.68 bits per heavy atom. The normalized spacial score (nSPS) is 27.1. The van der Waals surface area contributed by atoms with Gasteiger partial charge in [0.2, 0.25) is 0 Å². The van der Waals surface area contributed by atoms with Gasteiger partial charge in [-0.3, -0.25) is 0 Å². The lowest BCUT2D eigenvalue weighted by molar-refractivity contribution is 0.0689. The van der Waals surface area contributed by atoms with E-state index in [1.807, 2.05) is 30.3 Å². The SMILES string of the molecule is O=C(OCc1ccccc1)N1[C@@H]2CC[C@@H](C2)[C@H]1CS(=O)(=O)F. The van der Waals surface area contributed by atoms with Crippen LogP contribution in [-0.4, -0.2) is 37.2 Å². The summed E-state index contributed by atoms with van der Waals surface area (Å²) in [4.78, 5) is 13.7. The van der Waals surface area contributed by atoms with E-state index in [0.717, 1.165) is 24.8 Å². The lowest BCUT2D eigenvalue weighted by atomic mass is 10.0. The van der Waals surface area contributed by atoms with Crippen molar-refractivity contribution in [3.05, 3.63) is 35.9 Å². The van der Waals surface area contributed by atoms with E-state index in [1.165, 1.54) is 4.90 Å². The molecule has 0 aromatic heterocycles. The fourth-order valence-corrected chi connectivity index (χ4v) is 4.43. The summed E-state index contributed by atoms with van der Waals surface area (Å²) in [5.41, 5.74) is 0.856. The van der Waals surface area contributed by atoms with Gasteiger partial charge in [0.05, 0.1) is 6.04 Å². The fraction of sp³-hybridized carbons (Fsp3) is 0.533. The number of benzene rings is 1. The van der Waals surface area contributed by atoms with Gasteiger partial charge in [0.25, 0.3) is 0 Å². The Morgan fingerprint density at radius 2 is 2.00 bits per heavy atom. The highest BCUT2D eigenvalue weighted by Crippen LogP contribution is 2.43. The number of fused-ring (bicyclic) bond motifs is 2. The summed E-state index contributed by atoms with van der Waals surface area (Å²) in [6.45, 7) is 0.128. The molecule has 2 bridgehead atoms. The average Bonchev–Trinajstić information content (AvgIpc) is 3.05. The summed E-state index contributed by atoms with van der Waals surface area (Å²) in [5, 5.41) is 0. The molecule has 0 N–H and O–H groups in total. The van der Waals surface area contributed by atoms with Gasteiger partial charge in [-0.25, -0.2) is 4.79 Å². The molecule has 3 atom stereocenters. The monoisotopic (exact) mass is 327 g/mol. The van der Waals surface area contributed by atoms with Crippen LogP contribution in [0.2, 0.25) is 0 Å². The van der Waals surface area contributed by atoms with Gasteiger partial charge in [-0.2, -0.15) is 8.42 Å². The van der Waals surface area contributed by atoms with Gasteiger partial charge < -0.3 is 9.64 Å². The summed E-state index contributed by atoms with van der Waals surface area (Å²) in [5.74, 6) is -0.575. The largest absolute Gasteiger partial charge is 0.445 e. The molecular weight excluding hydrogens is 309 g/mol. The lowest BCUT2D eigenvalue weighted by Gasteiger charge is -2.33. The summed E-state index contributed by atoms with van der Waals surface area (Å²) >= 11 is 0. The van der Waals surface area contributed by atoms with Crippen molar-refractivity contribution in [1.29, 1.82) is 0 Å². The summed E-state index contributed by atoms with van der Waals surface area (Å²) in [6.07, 6.45) is 1.85. The number of piperidine rings is 1. The number of amides is 1. The Bertz CT molecular complexity index is 649. The zero-order chi connectivity index (χ0) is 15.7. The first-order chi connectivity index (χ1) is 10.4. The minimum atomic E-state index is -4.61. The molecule has 1 aromatic carbocycles. The molecule has 7 heteroatoms. The van der Waals surface area contributed by atoms with Crippen molar-refractivity contribution in [3.63, 3.8) is 0 Å². The molecule has 1 amide bonds. The van der Waals surface area contributed by atoms with E-state index in [9.17, 15) is 17.1 Å². The van der Waals surface area contributed by atoms with E-state index >= 15 is 0 Å². The molecule has 22 heavy (non-hydrogen) atoms. The maximum Gasteiger partial charge on any atom is 0.410 e. The van der Waals surface area contributed by atoms with Crippen LogP contribution in [0.3, 0.4) is 0 Å². The van der Waals surface area contributed by atoms with Gasteiger partial charge in [-0.15, -0.1) is 3.89 Å². The minimum Gasteiger partial charge on any atom is -0.445 e. The Balaban J connectivity index is 1.67. The van der Waals surface area contributed by atoms with E-state index in [0.29, 0.717) is 0 Å². The van der Waals surface area contributed by atoms with Crippen LogP contribution in [0.1, 0.15) is 24.8 Å². The van der Waals surface area contributed by atoms with Crippen LogP contribution in [0.4, 0.5) is 8.68 Å². The number of ether oxygens (including phenoxy) is 1. The van der Waals surface area contributed by atoms with Gasteiger partial charge >= 0.3 is 16.3 Å². The lowest BCUT2D eigenvalue weighted by Crippen LogP contribution is -2.47. The van der Waals surface area contributed by atoms with E-state index in [-0.39, 0.29) is 18.6 Å². The van der Waals surface area contributed by atoms with E-state index in [2.05, 4.69) is 0 Å². The molecule has 5 nitrogen and oxygen atoms in total. The minimum absolute atomic E-state index is 0.0278. The van der Waals surface area contributed by atoms with E-state index in [1.54, 1.807) is 0 Å². The molecule has 1 saturated heterocycles. The van der Waals surface area contributed by atoms with Gasteiger partial charge in [0, 0.05) is 6.04 Å². The Kier molecular flexibility index (Phi) is 4.08. The Labute approximate surface area is 129 Å². The van der Waals surface area contributed by atoms with Crippen molar-refractivity contribution in [1.82, 2.24) is 4.90 Å². The number of carbonyl (C=O) groups excluding carboxylic acids is 1. The van der Waals surface area contributed by atoms with Crippen molar-refractivity contribution in [3.8, 4) is 0 Å². The average molecular weight is 327 g/mol. The molecule has 2 aliphatic rings. The molecule has 2 fully saturated rings. The first-order valence-electron chi connectivity index (χ1n) is 7.35. The second-order valence-electron chi connectivity index (χ2n) is 5.95. The van der Waals surface area contributed by atoms with Crippen molar-refractivity contribution in [2.75, 3.05) is 5.75 Å². The highest BCUT2D eigenvalue weighted by molar-refractivity contribution is 7.86. The van der Waals surface area contributed by atoms with Crippen molar-refractivity contribution < 1.29 is 21.8 Å². The molecule has 1 saturated carbocycles. The van der Waals surface area contributed by atoms with Crippen LogP contribution >= 0.6 is 0 Å². The third-order valence-electron chi connectivity index (χ3n) is 4.53. The molecule has 1 aromatic rings. The van der Waals surface area contributed by atoms with Gasteiger partial charge in [-0.05, 0) is 30.7 Å². The second kappa shape index (κ2) is 5.87. The Hall–Kier alpha value is -1.63. The van der Waals surface area contributed by atoms with Crippen LogP contribution in [0.15, 0.2) is 30.3 Å². The standard InChI is InChI=1S/C15H18FNO4S/c16-22(19,20)10-14-12-6-7-13(8-12)17(14)15(18)21-9-11-4-2-1-3-5-11/h1-5,12-14H,6-10H2/t12-,13+,14+/m0/s1. The molecule has 0 radical (unpaired) electrons. The first kappa shape index (κ1) is 15.3. The molecular formula is C15H18FNO4S. The number of rotatable bonds is 4. The number of hydrogen-bond donors (Lipinski definition) is 0. The van der Waals surface area contributed by atoms with Crippen LogP contribution in [0.5, 0.6) is 0 Å². The fourth-order valence-electron chi connectivity index (χ4n) is 3.59. The summed E-state index contributed by atoms with van der Waals surface area (Å²) in [6, 6.07) is 8.61. The van der Waals surface area contributed by atoms with Crippen LogP contribution in [-0.2, 0) is 21.6 Å². The van der Waals surface area contributed by atoms with Gasteiger partial charge in [-0.1, -0.05) is 30.3 Å². The van der Waals surface area contributed by atoms with Crippen molar-refractivity contribution in [2.24, 2.45) is 5.92 Å². The van der Waals surface area contributed by atoms with Crippen molar-refractivity contribution in [2.45, 2.75) is 38.0 Å². The third-order valence-corrected chi connectivity index (χ3v) is 5.27. The predicted molar refractivity (Wildman–Crippen MR) is 78.3 cm³/mol. The number of nitrogens with zero attached hydrogens (tertiary/aromatic N) is 1. The molecule has 3 rings (SSSR count). The molecule has 1 aliphatic carbocycles. The Morgan fingerprint density at radius 1 is 1.27 bits per heavy atom. The van der Waals surface area contributed by atoms with Gasteiger partial charge in [0.1, 0.15) is 12.4 Å². The van der Waals surface area contributed by atoms with Crippen LogP contribution < -0.4 is 0 Å². The summed E-state index contributed by atoms with van der Waals surface area (Å²) in [7, 11) is -4.61.